The fourth-order valence-corrected chi connectivity index (χ4v) is 3.90. The van der Waals surface area contributed by atoms with Gasteiger partial charge in [0.25, 0.3) is 9.05 Å². The lowest BCUT2D eigenvalue weighted by Gasteiger charge is -2.03. The van der Waals surface area contributed by atoms with Gasteiger partial charge in [-0.05, 0) is 20.3 Å². The molecule has 1 aromatic heterocycles. The van der Waals surface area contributed by atoms with Crippen LogP contribution in [-0.4, -0.2) is 38.6 Å². The predicted octanol–water partition coefficient (Wildman–Crippen LogP) is 0.862. The van der Waals surface area contributed by atoms with Gasteiger partial charge in [0, 0.05) is 23.5 Å². The molecular weight excluding hydrogens is 300 g/mol. The summed E-state index contributed by atoms with van der Waals surface area (Å²) < 4.78 is 46.1. The Morgan fingerprint density at radius 2 is 1.78 bits per heavy atom. The molecule has 0 aliphatic rings. The smallest absolute Gasteiger partial charge is 0.264 e. The second kappa shape index (κ2) is 5.18. The van der Waals surface area contributed by atoms with Crippen LogP contribution in [0.1, 0.15) is 17.8 Å². The Hall–Kier alpha value is -0.600. The molecule has 0 spiro atoms. The van der Waals surface area contributed by atoms with Gasteiger partial charge in [-0.25, -0.2) is 16.8 Å². The minimum absolute atomic E-state index is 0.00326. The minimum atomic E-state index is -3.83. The first kappa shape index (κ1) is 15.5. The number of nitrogens with zero attached hydrogens (tertiary/aromatic N) is 2. The highest BCUT2D eigenvalue weighted by Gasteiger charge is 2.22. The lowest BCUT2D eigenvalue weighted by Crippen LogP contribution is -2.09. The van der Waals surface area contributed by atoms with Crippen LogP contribution >= 0.6 is 10.7 Å². The number of aromatic nitrogens is 2. The Labute approximate surface area is 111 Å². The maximum atomic E-state index is 11.3. The Morgan fingerprint density at radius 1 is 1.22 bits per heavy atom. The molecule has 0 saturated carbocycles. The molecule has 0 N–H and O–H groups in total. The lowest BCUT2D eigenvalue weighted by atomic mass is 10.4. The highest BCUT2D eigenvalue weighted by Crippen LogP contribution is 2.23. The number of halogens is 1. The first-order chi connectivity index (χ1) is 8.02. The molecule has 1 heterocycles. The van der Waals surface area contributed by atoms with Gasteiger partial charge in [0.1, 0.15) is 14.7 Å². The Balaban J connectivity index is 2.94. The highest BCUT2D eigenvalue weighted by molar-refractivity contribution is 8.13. The van der Waals surface area contributed by atoms with Gasteiger partial charge in [-0.2, -0.15) is 5.10 Å². The van der Waals surface area contributed by atoms with E-state index >= 15 is 0 Å². The predicted molar refractivity (Wildman–Crippen MR) is 69.1 cm³/mol. The third kappa shape index (κ3) is 3.96. The van der Waals surface area contributed by atoms with Gasteiger partial charge in [0.2, 0.25) is 0 Å². The van der Waals surface area contributed by atoms with Crippen molar-refractivity contribution in [3.05, 3.63) is 11.4 Å². The fraction of sp³-hybridized carbons (Fsp3) is 0.667. The average molecular weight is 315 g/mol. The third-order valence-electron chi connectivity index (χ3n) is 2.44. The SMILES string of the molecule is Cc1nn(CCCS(C)(=O)=O)c(C)c1S(=O)(=O)Cl. The quantitative estimate of drug-likeness (QED) is 0.752. The molecule has 104 valence electrons. The zero-order chi connectivity index (χ0) is 14.1. The number of sulfone groups is 1. The average Bonchev–Trinajstić information content (AvgIpc) is 2.38. The molecule has 1 rings (SSSR count). The van der Waals surface area contributed by atoms with Crippen LogP contribution < -0.4 is 0 Å². The van der Waals surface area contributed by atoms with Gasteiger partial charge in [-0.15, -0.1) is 0 Å². The van der Waals surface area contributed by atoms with Gasteiger partial charge in [0.15, 0.2) is 0 Å². The van der Waals surface area contributed by atoms with Crippen molar-refractivity contribution in [3.8, 4) is 0 Å². The Kier molecular flexibility index (Phi) is 4.45. The second-order valence-electron chi connectivity index (χ2n) is 4.14. The second-order valence-corrected chi connectivity index (χ2v) is 8.91. The molecule has 0 amide bonds. The lowest BCUT2D eigenvalue weighted by molar-refractivity contribution is 0.565. The van der Waals surface area contributed by atoms with E-state index < -0.39 is 18.9 Å². The van der Waals surface area contributed by atoms with Crippen molar-refractivity contribution < 1.29 is 16.8 Å². The molecule has 0 saturated heterocycles. The standard InChI is InChI=1S/C9H15ClN2O4S2/c1-7-9(18(10,15)16)8(2)12(11-7)5-4-6-17(3,13)14/h4-6H2,1-3H3. The summed E-state index contributed by atoms with van der Waals surface area (Å²) in [7, 11) is -1.54. The largest absolute Gasteiger partial charge is 0.268 e. The number of hydrogen-bond donors (Lipinski definition) is 0. The van der Waals surface area contributed by atoms with Gasteiger partial charge >= 0.3 is 0 Å². The van der Waals surface area contributed by atoms with Crippen LogP contribution in [0.3, 0.4) is 0 Å². The monoisotopic (exact) mass is 314 g/mol. The maximum absolute atomic E-state index is 11.3. The van der Waals surface area contributed by atoms with E-state index in [1.807, 2.05) is 0 Å². The Bertz CT molecular complexity index is 646. The van der Waals surface area contributed by atoms with Crippen molar-refractivity contribution in [1.82, 2.24) is 9.78 Å². The van der Waals surface area contributed by atoms with E-state index in [1.54, 1.807) is 13.8 Å². The zero-order valence-corrected chi connectivity index (χ0v) is 12.7. The molecule has 0 unspecified atom stereocenters. The van der Waals surface area contributed by atoms with Gasteiger partial charge < -0.3 is 0 Å². The molecule has 0 fully saturated rings. The van der Waals surface area contributed by atoms with Crippen molar-refractivity contribution >= 4 is 29.6 Å². The summed E-state index contributed by atoms with van der Waals surface area (Å²) in [5.41, 5.74) is 0.748. The van der Waals surface area contributed by atoms with Gasteiger partial charge in [0.05, 0.1) is 17.1 Å². The first-order valence-corrected chi connectivity index (χ1v) is 9.56. The summed E-state index contributed by atoms with van der Waals surface area (Å²) in [5, 5.41) is 4.05. The topological polar surface area (TPSA) is 86.1 Å². The van der Waals surface area contributed by atoms with Crippen LogP contribution in [0.25, 0.3) is 0 Å². The van der Waals surface area contributed by atoms with E-state index in [1.165, 1.54) is 4.68 Å². The molecular formula is C9H15ClN2O4S2. The minimum Gasteiger partial charge on any atom is -0.268 e. The van der Waals surface area contributed by atoms with E-state index in [-0.39, 0.29) is 10.6 Å². The third-order valence-corrected chi connectivity index (χ3v) is 5.02. The summed E-state index contributed by atoms with van der Waals surface area (Å²) in [4.78, 5) is 0.00326. The van der Waals surface area contributed by atoms with Crippen LogP contribution in [0.15, 0.2) is 4.90 Å². The first-order valence-electron chi connectivity index (χ1n) is 5.19. The van der Waals surface area contributed by atoms with E-state index in [4.69, 9.17) is 10.7 Å². The van der Waals surface area contributed by atoms with E-state index in [2.05, 4.69) is 5.10 Å². The van der Waals surface area contributed by atoms with Crippen molar-refractivity contribution in [2.75, 3.05) is 12.0 Å². The molecule has 0 aliphatic heterocycles. The summed E-state index contributed by atoms with van der Waals surface area (Å²) in [6, 6.07) is 0. The number of rotatable bonds is 5. The van der Waals surface area contributed by atoms with Crippen LogP contribution in [0.4, 0.5) is 0 Å². The van der Waals surface area contributed by atoms with Crippen LogP contribution in [0.5, 0.6) is 0 Å². The molecule has 0 bridgehead atoms. The van der Waals surface area contributed by atoms with E-state index in [0.717, 1.165) is 6.26 Å². The normalized spacial score (nSPS) is 12.9. The fourth-order valence-electron chi connectivity index (χ4n) is 1.73. The summed E-state index contributed by atoms with van der Waals surface area (Å²) in [5.74, 6) is 0.0360. The highest BCUT2D eigenvalue weighted by atomic mass is 35.7. The summed E-state index contributed by atoms with van der Waals surface area (Å²) >= 11 is 0. The molecule has 0 aromatic carbocycles. The van der Waals surface area contributed by atoms with Crippen LogP contribution in [-0.2, 0) is 25.4 Å². The molecule has 18 heavy (non-hydrogen) atoms. The van der Waals surface area contributed by atoms with Crippen molar-refractivity contribution in [3.63, 3.8) is 0 Å². The molecule has 0 atom stereocenters. The Morgan fingerprint density at radius 3 is 2.17 bits per heavy atom. The van der Waals surface area contributed by atoms with Crippen LogP contribution in [0.2, 0.25) is 0 Å². The number of aryl methyl sites for hydroxylation is 2. The molecule has 9 heteroatoms. The van der Waals surface area contributed by atoms with Crippen molar-refractivity contribution in [2.45, 2.75) is 31.7 Å². The summed E-state index contributed by atoms with van der Waals surface area (Å²) in [6.45, 7) is 3.48. The maximum Gasteiger partial charge on any atom is 0.264 e. The van der Waals surface area contributed by atoms with Crippen molar-refractivity contribution in [1.29, 1.82) is 0 Å². The van der Waals surface area contributed by atoms with Crippen molar-refractivity contribution in [2.24, 2.45) is 0 Å². The van der Waals surface area contributed by atoms with E-state index in [9.17, 15) is 16.8 Å². The molecule has 0 aliphatic carbocycles. The number of hydrogen-bond acceptors (Lipinski definition) is 5. The van der Waals surface area contributed by atoms with Crippen LogP contribution in [0, 0.1) is 13.8 Å². The zero-order valence-electron chi connectivity index (χ0n) is 10.3. The summed E-state index contributed by atoms with van der Waals surface area (Å²) in [6.07, 6.45) is 1.53. The van der Waals surface area contributed by atoms with Gasteiger partial charge in [-0.3, -0.25) is 4.68 Å². The molecule has 6 nitrogen and oxygen atoms in total. The van der Waals surface area contributed by atoms with Gasteiger partial charge in [-0.1, -0.05) is 0 Å². The van der Waals surface area contributed by atoms with E-state index in [0.29, 0.717) is 24.4 Å². The molecule has 0 radical (unpaired) electrons. The molecule has 1 aromatic rings.